The van der Waals surface area contributed by atoms with Crippen LogP contribution >= 0.6 is 0 Å². The summed E-state index contributed by atoms with van der Waals surface area (Å²) in [5.41, 5.74) is 2.27. The molecule has 1 aromatic carbocycles. The number of ether oxygens (including phenoxy) is 2. The van der Waals surface area contributed by atoms with E-state index in [9.17, 15) is 8.42 Å². The van der Waals surface area contributed by atoms with Crippen LogP contribution in [0.4, 0.5) is 0 Å². The first-order valence-electron chi connectivity index (χ1n) is 9.29. The van der Waals surface area contributed by atoms with Crippen molar-refractivity contribution in [1.29, 1.82) is 0 Å². The average molecular weight is 398 g/mol. The van der Waals surface area contributed by atoms with Crippen LogP contribution in [-0.4, -0.2) is 59.8 Å². The fourth-order valence-corrected chi connectivity index (χ4v) is 2.81. The van der Waals surface area contributed by atoms with E-state index in [4.69, 9.17) is 9.47 Å². The van der Waals surface area contributed by atoms with Crippen molar-refractivity contribution in [3.63, 3.8) is 0 Å². The monoisotopic (exact) mass is 397 g/mol. The van der Waals surface area contributed by atoms with Crippen LogP contribution in [0.25, 0.3) is 0 Å². The summed E-state index contributed by atoms with van der Waals surface area (Å²) in [6.45, 7) is 4.62. The Balaban J connectivity index is 1.73. The van der Waals surface area contributed by atoms with Crippen LogP contribution in [-0.2, 0) is 21.1 Å². The minimum absolute atomic E-state index is 0.0387. The number of rotatable bonds is 11. The molecular formula is C19H31N3O4S. The predicted molar refractivity (Wildman–Crippen MR) is 108 cm³/mol. The molecule has 0 saturated heterocycles. The number of benzene rings is 1. The van der Waals surface area contributed by atoms with Gasteiger partial charge in [-0.05, 0) is 37.3 Å². The molecule has 1 fully saturated rings. The zero-order chi connectivity index (χ0) is 19.7. The highest BCUT2D eigenvalue weighted by Crippen LogP contribution is 2.30. The number of aliphatic imine (C=N–C) groups is 1. The highest BCUT2D eigenvalue weighted by atomic mass is 32.2. The second-order valence-corrected chi connectivity index (χ2v) is 9.22. The number of aryl methyl sites for hydroxylation is 1. The maximum absolute atomic E-state index is 11.0. The van der Waals surface area contributed by atoms with Crippen LogP contribution in [0.2, 0.25) is 0 Å². The van der Waals surface area contributed by atoms with Gasteiger partial charge in [0.25, 0.3) is 0 Å². The van der Waals surface area contributed by atoms with Crippen molar-refractivity contribution in [2.75, 3.05) is 45.4 Å². The lowest BCUT2D eigenvalue weighted by molar-refractivity contribution is 0.154. The Morgan fingerprint density at radius 2 is 2.04 bits per heavy atom. The van der Waals surface area contributed by atoms with E-state index in [0.717, 1.165) is 17.9 Å². The minimum Gasteiger partial charge on any atom is -0.493 e. The van der Waals surface area contributed by atoms with Gasteiger partial charge >= 0.3 is 0 Å². The van der Waals surface area contributed by atoms with Gasteiger partial charge in [-0.3, -0.25) is 4.99 Å². The Hall–Kier alpha value is -1.80. The molecule has 0 amide bonds. The van der Waals surface area contributed by atoms with Gasteiger partial charge in [0, 0.05) is 32.0 Å². The highest BCUT2D eigenvalue weighted by molar-refractivity contribution is 7.90. The van der Waals surface area contributed by atoms with Crippen molar-refractivity contribution < 1.29 is 17.9 Å². The molecule has 7 nitrogen and oxygen atoms in total. The van der Waals surface area contributed by atoms with E-state index in [1.807, 2.05) is 0 Å². The largest absolute Gasteiger partial charge is 0.493 e. The van der Waals surface area contributed by atoms with Gasteiger partial charge in [-0.15, -0.1) is 0 Å². The first-order valence-corrected chi connectivity index (χ1v) is 11.4. The molecule has 0 atom stereocenters. The first-order chi connectivity index (χ1) is 12.9. The van der Waals surface area contributed by atoms with E-state index in [1.165, 1.54) is 24.7 Å². The lowest BCUT2D eigenvalue weighted by atomic mass is 10.1. The topological polar surface area (TPSA) is 89.0 Å². The third-order valence-corrected chi connectivity index (χ3v) is 5.11. The summed E-state index contributed by atoms with van der Waals surface area (Å²) < 4.78 is 33.4. The van der Waals surface area contributed by atoms with E-state index in [-0.39, 0.29) is 12.4 Å². The normalized spacial score (nSPS) is 14.9. The Kier molecular flexibility index (Phi) is 8.37. The maximum Gasteiger partial charge on any atom is 0.191 e. The number of guanidine groups is 1. The van der Waals surface area contributed by atoms with E-state index >= 15 is 0 Å². The predicted octanol–water partition coefficient (Wildman–Crippen LogP) is 1.51. The molecule has 2 N–H and O–H groups in total. The summed E-state index contributed by atoms with van der Waals surface area (Å²) in [5.74, 6) is 2.34. The molecular weight excluding hydrogens is 366 g/mol. The van der Waals surface area contributed by atoms with Gasteiger partial charge < -0.3 is 20.1 Å². The third-order valence-electron chi connectivity index (χ3n) is 4.20. The van der Waals surface area contributed by atoms with E-state index < -0.39 is 9.84 Å². The van der Waals surface area contributed by atoms with Gasteiger partial charge in [0.15, 0.2) is 5.96 Å². The lowest BCUT2D eigenvalue weighted by Gasteiger charge is -2.15. The number of nitrogens with zero attached hydrogens (tertiary/aromatic N) is 1. The summed E-state index contributed by atoms with van der Waals surface area (Å²) in [6, 6.07) is 6.23. The van der Waals surface area contributed by atoms with Gasteiger partial charge in [-0.1, -0.05) is 12.1 Å². The zero-order valence-electron chi connectivity index (χ0n) is 16.5. The molecule has 8 heteroatoms. The SMILES string of the molecule is CN=C(NCCOCCS(C)(=O)=O)NCc1ccc(C)cc1OCC1CC1. The van der Waals surface area contributed by atoms with Crippen molar-refractivity contribution in [2.45, 2.75) is 26.3 Å². The molecule has 1 aliphatic rings. The van der Waals surface area contributed by atoms with Crippen LogP contribution in [0.1, 0.15) is 24.0 Å². The van der Waals surface area contributed by atoms with Crippen LogP contribution in [0.15, 0.2) is 23.2 Å². The number of sulfone groups is 1. The smallest absolute Gasteiger partial charge is 0.191 e. The van der Waals surface area contributed by atoms with Crippen molar-refractivity contribution in [2.24, 2.45) is 10.9 Å². The molecule has 0 aliphatic heterocycles. The van der Waals surface area contributed by atoms with E-state index in [2.05, 4.69) is 40.7 Å². The molecule has 0 unspecified atom stereocenters. The van der Waals surface area contributed by atoms with Crippen LogP contribution in [0, 0.1) is 12.8 Å². The molecule has 27 heavy (non-hydrogen) atoms. The molecule has 0 spiro atoms. The average Bonchev–Trinajstić information content (AvgIpc) is 3.43. The fourth-order valence-electron chi connectivity index (χ4n) is 2.39. The fraction of sp³-hybridized carbons (Fsp3) is 0.632. The molecule has 1 aliphatic carbocycles. The van der Waals surface area contributed by atoms with Gasteiger partial charge in [0.1, 0.15) is 15.6 Å². The number of nitrogens with one attached hydrogen (secondary N) is 2. The molecule has 1 aromatic rings. The zero-order valence-corrected chi connectivity index (χ0v) is 17.3. The first kappa shape index (κ1) is 21.5. The maximum atomic E-state index is 11.0. The number of hydrogen-bond donors (Lipinski definition) is 2. The molecule has 152 valence electrons. The quantitative estimate of drug-likeness (QED) is 0.334. The lowest BCUT2D eigenvalue weighted by Crippen LogP contribution is -2.38. The van der Waals surface area contributed by atoms with Crippen LogP contribution in [0.5, 0.6) is 5.75 Å². The molecule has 2 rings (SSSR count). The van der Waals surface area contributed by atoms with E-state index in [0.29, 0.717) is 31.6 Å². The van der Waals surface area contributed by atoms with Gasteiger partial charge in [-0.25, -0.2) is 8.42 Å². The highest BCUT2D eigenvalue weighted by Gasteiger charge is 2.22. The van der Waals surface area contributed by atoms with Crippen molar-refractivity contribution >= 4 is 15.8 Å². The minimum atomic E-state index is -2.98. The summed E-state index contributed by atoms with van der Waals surface area (Å²) in [5, 5.41) is 6.42. The summed E-state index contributed by atoms with van der Waals surface area (Å²) in [7, 11) is -1.27. The second kappa shape index (κ2) is 10.5. The van der Waals surface area contributed by atoms with Gasteiger partial charge in [0.05, 0.1) is 25.6 Å². The molecule has 0 bridgehead atoms. The molecule has 0 heterocycles. The van der Waals surface area contributed by atoms with Crippen molar-refractivity contribution in [3.8, 4) is 5.75 Å². The Labute approximate surface area is 162 Å². The van der Waals surface area contributed by atoms with Gasteiger partial charge in [0.2, 0.25) is 0 Å². The Morgan fingerprint density at radius 3 is 2.70 bits per heavy atom. The van der Waals surface area contributed by atoms with Crippen molar-refractivity contribution in [3.05, 3.63) is 29.3 Å². The molecule has 0 aromatic heterocycles. The summed E-state index contributed by atoms with van der Waals surface area (Å²) in [6.07, 6.45) is 3.73. The Morgan fingerprint density at radius 1 is 1.26 bits per heavy atom. The molecule has 1 saturated carbocycles. The third kappa shape index (κ3) is 9.10. The molecule has 0 radical (unpaired) electrons. The second-order valence-electron chi connectivity index (χ2n) is 6.96. The van der Waals surface area contributed by atoms with Crippen LogP contribution in [0.3, 0.4) is 0 Å². The van der Waals surface area contributed by atoms with E-state index in [1.54, 1.807) is 7.05 Å². The summed E-state index contributed by atoms with van der Waals surface area (Å²) in [4.78, 5) is 4.19. The number of hydrogen-bond acceptors (Lipinski definition) is 5. The van der Waals surface area contributed by atoms with Gasteiger partial charge in [-0.2, -0.15) is 0 Å². The van der Waals surface area contributed by atoms with Crippen molar-refractivity contribution in [1.82, 2.24) is 10.6 Å². The summed E-state index contributed by atoms with van der Waals surface area (Å²) >= 11 is 0. The van der Waals surface area contributed by atoms with Crippen LogP contribution < -0.4 is 15.4 Å². The Bertz CT molecular complexity index is 730. The standard InChI is InChI=1S/C19H31N3O4S/c1-15-4-7-17(18(12-15)26-14-16-5-6-16)13-22-19(20-2)21-8-9-25-10-11-27(3,23)24/h4,7,12,16H,5-6,8-11,13-14H2,1-3H3,(H2,20,21,22).